The van der Waals surface area contributed by atoms with E-state index in [2.05, 4.69) is 44.5 Å². The smallest absolute Gasteiger partial charge is 0.234 e. The molecular formula is C14H21N5. The van der Waals surface area contributed by atoms with Gasteiger partial charge in [-0.05, 0) is 26.8 Å². The number of hydrogen-bond acceptors (Lipinski definition) is 4. The first-order chi connectivity index (χ1) is 9.13. The maximum atomic E-state index is 4.49. The molecule has 2 aromatic heterocycles. The van der Waals surface area contributed by atoms with Gasteiger partial charge in [-0.1, -0.05) is 0 Å². The van der Waals surface area contributed by atoms with Crippen LogP contribution in [0, 0.1) is 13.8 Å². The quantitative estimate of drug-likeness (QED) is 0.878. The molecule has 1 N–H and O–H groups in total. The largest absolute Gasteiger partial charge is 0.312 e. The van der Waals surface area contributed by atoms with Crippen LogP contribution in [0.1, 0.15) is 24.0 Å². The van der Waals surface area contributed by atoms with Crippen LogP contribution in [-0.4, -0.2) is 44.9 Å². The molecule has 0 aromatic carbocycles. The maximum absolute atomic E-state index is 4.49. The van der Waals surface area contributed by atoms with E-state index in [0.29, 0.717) is 6.04 Å². The monoisotopic (exact) mass is 259 g/mol. The predicted molar refractivity (Wildman–Crippen MR) is 75.2 cm³/mol. The van der Waals surface area contributed by atoms with Crippen LogP contribution in [0.5, 0.6) is 0 Å². The first kappa shape index (κ1) is 12.6. The van der Waals surface area contributed by atoms with E-state index in [1.807, 2.05) is 13.1 Å². The normalized spacial score (nSPS) is 21.1. The van der Waals surface area contributed by atoms with Crippen LogP contribution in [0.25, 0.3) is 5.78 Å². The Labute approximate surface area is 113 Å². The number of nitrogens with zero attached hydrogens (tertiary/aromatic N) is 4. The number of aryl methyl sites for hydroxylation is 2. The van der Waals surface area contributed by atoms with Crippen molar-refractivity contribution in [3.05, 3.63) is 29.3 Å². The molecule has 1 aliphatic rings. The molecule has 0 bridgehead atoms. The van der Waals surface area contributed by atoms with Crippen molar-refractivity contribution >= 4 is 5.78 Å². The molecule has 0 aliphatic carbocycles. The lowest BCUT2D eigenvalue weighted by molar-refractivity contribution is 0.197. The van der Waals surface area contributed by atoms with Gasteiger partial charge < -0.3 is 5.32 Å². The lowest BCUT2D eigenvalue weighted by Gasteiger charge is -2.31. The zero-order chi connectivity index (χ0) is 13.4. The molecule has 102 valence electrons. The van der Waals surface area contributed by atoms with E-state index in [4.69, 9.17) is 0 Å². The Morgan fingerprint density at radius 1 is 1.42 bits per heavy atom. The van der Waals surface area contributed by atoms with E-state index < -0.39 is 0 Å². The molecule has 3 heterocycles. The minimum atomic E-state index is 0.564. The number of rotatable bonds is 2. The lowest BCUT2D eigenvalue weighted by Crippen LogP contribution is -2.48. The number of fused-ring (bicyclic) bond motifs is 1. The van der Waals surface area contributed by atoms with Gasteiger partial charge in [0.1, 0.15) is 0 Å². The van der Waals surface area contributed by atoms with Crippen LogP contribution in [-0.2, 0) is 6.54 Å². The third kappa shape index (κ3) is 2.48. The Morgan fingerprint density at radius 2 is 2.26 bits per heavy atom. The third-order valence-electron chi connectivity index (χ3n) is 3.70. The van der Waals surface area contributed by atoms with E-state index in [1.165, 1.54) is 11.4 Å². The predicted octanol–water partition coefficient (Wildman–Crippen LogP) is 1.14. The molecule has 1 fully saturated rings. The Morgan fingerprint density at radius 3 is 3.05 bits per heavy atom. The molecule has 3 rings (SSSR count). The van der Waals surface area contributed by atoms with Crippen LogP contribution in [0.4, 0.5) is 0 Å². The van der Waals surface area contributed by atoms with Gasteiger partial charge >= 0.3 is 0 Å². The third-order valence-corrected chi connectivity index (χ3v) is 3.70. The first-order valence-corrected chi connectivity index (χ1v) is 6.90. The molecule has 0 amide bonds. The van der Waals surface area contributed by atoms with Gasteiger partial charge in [-0.3, -0.25) is 9.30 Å². The maximum Gasteiger partial charge on any atom is 0.234 e. The number of aromatic nitrogens is 3. The molecule has 0 saturated carbocycles. The van der Waals surface area contributed by atoms with Gasteiger partial charge in [0.25, 0.3) is 0 Å². The highest BCUT2D eigenvalue weighted by atomic mass is 15.2. The number of hydrogen-bond donors (Lipinski definition) is 1. The van der Waals surface area contributed by atoms with Crippen LogP contribution >= 0.6 is 0 Å². The molecule has 2 aromatic rings. The van der Waals surface area contributed by atoms with Gasteiger partial charge in [-0.2, -0.15) is 0 Å². The highest BCUT2D eigenvalue weighted by molar-refractivity contribution is 5.35. The van der Waals surface area contributed by atoms with E-state index in [0.717, 1.165) is 37.7 Å². The molecule has 0 unspecified atom stereocenters. The molecule has 5 nitrogen and oxygen atoms in total. The highest BCUT2D eigenvalue weighted by Gasteiger charge is 2.17. The molecule has 0 spiro atoms. The van der Waals surface area contributed by atoms with Crippen molar-refractivity contribution in [1.29, 1.82) is 0 Å². The van der Waals surface area contributed by atoms with Crippen LogP contribution in [0.15, 0.2) is 12.3 Å². The first-order valence-electron chi connectivity index (χ1n) is 6.90. The van der Waals surface area contributed by atoms with E-state index in [-0.39, 0.29) is 0 Å². The van der Waals surface area contributed by atoms with Crippen molar-refractivity contribution in [2.75, 3.05) is 19.6 Å². The van der Waals surface area contributed by atoms with Gasteiger partial charge in [0, 0.05) is 43.6 Å². The standard InChI is InChI=1S/C14H21N5/c1-10-6-12(3)19-13(7-16-14(19)17-10)9-18-5-4-15-11(2)8-18/h6-7,11,15H,4-5,8-9H2,1-3H3/t11-/m1/s1. The molecule has 5 heteroatoms. The number of imidazole rings is 1. The van der Waals surface area contributed by atoms with Gasteiger partial charge in [-0.15, -0.1) is 0 Å². The van der Waals surface area contributed by atoms with E-state index in [9.17, 15) is 0 Å². The zero-order valence-corrected chi connectivity index (χ0v) is 11.8. The minimum absolute atomic E-state index is 0.564. The fraction of sp³-hybridized carbons (Fsp3) is 0.571. The zero-order valence-electron chi connectivity index (χ0n) is 11.8. The summed E-state index contributed by atoms with van der Waals surface area (Å²) in [6.07, 6.45) is 1.96. The Kier molecular flexibility index (Phi) is 3.24. The van der Waals surface area contributed by atoms with Crippen LogP contribution in [0.2, 0.25) is 0 Å². The summed E-state index contributed by atoms with van der Waals surface area (Å²) in [5.74, 6) is 0.815. The van der Waals surface area contributed by atoms with Crippen molar-refractivity contribution in [2.24, 2.45) is 0 Å². The molecule has 1 atom stereocenters. The van der Waals surface area contributed by atoms with Crippen LogP contribution < -0.4 is 5.32 Å². The summed E-state index contributed by atoms with van der Waals surface area (Å²) >= 11 is 0. The molecular weight excluding hydrogens is 238 g/mol. The second-order valence-corrected chi connectivity index (χ2v) is 5.51. The van der Waals surface area contributed by atoms with E-state index >= 15 is 0 Å². The fourth-order valence-electron chi connectivity index (χ4n) is 2.89. The van der Waals surface area contributed by atoms with Crippen molar-refractivity contribution in [3.8, 4) is 0 Å². The van der Waals surface area contributed by atoms with Gasteiger partial charge in [0.15, 0.2) is 0 Å². The second-order valence-electron chi connectivity index (χ2n) is 5.51. The Balaban J connectivity index is 1.89. The Bertz CT molecular complexity index is 589. The number of nitrogens with one attached hydrogen (secondary N) is 1. The van der Waals surface area contributed by atoms with Crippen LogP contribution in [0.3, 0.4) is 0 Å². The summed E-state index contributed by atoms with van der Waals surface area (Å²) < 4.78 is 2.17. The van der Waals surface area contributed by atoms with Crippen molar-refractivity contribution in [2.45, 2.75) is 33.4 Å². The van der Waals surface area contributed by atoms with Gasteiger partial charge in [0.2, 0.25) is 5.78 Å². The summed E-state index contributed by atoms with van der Waals surface area (Å²) in [6.45, 7) is 10.6. The van der Waals surface area contributed by atoms with Crippen molar-refractivity contribution in [1.82, 2.24) is 24.6 Å². The summed E-state index contributed by atoms with van der Waals surface area (Å²) in [5, 5.41) is 3.47. The Hall–Kier alpha value is -1.46. The molecule has 1 saturated heterocycles. The summed E-state index contributed by atoms with van der Waals surface area (Å²) in [5.41, 5.74) is 3.46. The summed E-state index contributed by atoms with van der Waals surface area (Å²) in [6, 6.07) is 2.67. The van der Waals surface area contributed by atoms with Crippen molar-refractivity contribution in [3.63, 3.8) is 0 Å². The topological polar surface area (TPSA) is 45.5 Å². The lowest BCUT2D eigenvalue weighted by atomic mass is 10.2. The second kappa shape index (κ2) is 4.90. The van der Waals surface area contributed by atoms with E-state index in [1.54, 1.807) is 0 Å². The molecule has 0 radical (unpaired) electrons. The highest BCUT2D eigenvalue weighted by Crippen LogP contribution is 2.13. The fourth-order valence-corrected chi connectivity index (χ4v) is 2.89. The summed E-state index contributed by atoms with van der Waals surface area (Å²) in [4.78, 5) is 11.4. The minimum Gasteiger partial charge on any atom is -0.312 e. The van der Waals surface area contributed by atoms with Gasteiger partial charge in [0.05, 0.1) is 11.9 Å². The average Bonchev–Trinajstić information content (AvgIpc) is 2.72. The molecule has 19 heavy (non-hydrogen) atoms. The summed E-state index contributed by atoms with van der Waals surface area (Å²) in [7, 11) is 0. The SMILES string of the molecule is Cc1cc(C)n2c(CN3CCN[C@H](C)C3)cnc2n1. The average molecular weight is 259 g/mol. The van der Waals surface area contributed by atoms with Crippen molar-refractivity contribution < 1.29 is 0 Å². The molecule has 1 aliphatic heterocycles. The number of piperazine rings is 1. The van der Waals surface area contributed by atoms with Gasteiger partial charge in [-0.25, -0.2) is 9.97 Å².